The Morgan fingerprint density at radius 2 is 1.66 bits per heavy atom. The summed E-state index contributed by atoms with van der Waals surface area (Å²) < 4.78 is 46.9. The zero-order chi connectivity index (χ0) is 40.2. The van der Waals surface area contributed by atoms with E-state index in [1.807, 2.05) is 48.5 Å². The zero-order valence-electron chi connectivity index (χ0n) is 35.6. The topological polar surface area (TPSA) is 59.6 Å². The molecule has 0 bridgehead atoms. The molecule has 7 heteroatoms. The van der Waals surface area contributed by atoms with Crippen molar-refractivity contribution in [3.8, 4) is 17.2 Å². The molecule has 4 aromatic carbocycles. The van der Waals surface area contributed by atoms with Crippen molar-refractivity contribution in [2.45, 2.75) is 66.2 Å². The van der Waals surface area contributed by atoms with Crippen LogP contribution in [0.15, 0.2) is 91.4 Å². The molecule has 0 atom stereocenters. The molecule has 0 spiro atoms. The second-order valence-corrected chi connectivity index (χ2v) is 13.1. The zero-order valence-corrected chi connectivity index (χ0v) is 31.9. The number of nitrogens with one attached hydrogen (secondary N) is 1. The van der Waals surface area contributed by atoms with Crippen molar-refractivity contribution in [2.24, 2.45) is 0 Å². The van der Waals surface area contributed by atoms with Crippen LogP contribution >= 0.6 is 0 Å². The van der Waals surface area contributed by atoms with Crippen molar-refractivity contribution in [3.05, 3.63) is 133 Å². The van der Waals surface area contributed by atoms with Gasteiger partial charge in [-0.05, 0) is 102 Å². The Bertz CT molecular complexity index is 2200. The van der Waals surface area contributed by atoms with Gasteiger partial charge in [0.2, 0.25) is 0 Å². The number of para-hydroxylation sites is 1. The smallest absolute Gasteiger partial charge is 0.657 e. The van der Waals surface area contributed by atoms with E-state index in [9.17, 15) is 0 Å². The molecule has 0 saturated carbocycles. The molecule has 50 heavy (non-hydrogen) atoms. The van der Waals surface area contributed by atoms with E-state index in [1.54, 1.807) is 30.2 Å². The summed E-state index contributed by atoms with van der Waals surface area (Å²) in [4.78, 5) is 8.49. The van der Waals surface area contributed by atoms with Crippen LogP contribution in [0.3, 0.4) is 0 Å². The van der Waals surface area contributed by atoms with Crippen LogP contribution in [0.5, 0.6) is 0 Å². The van der Waals surface area contributed by atoms with Crippen molar-refractivity contribution in [3.63, 3.8) is 0 Å². The molecule has 2 heterocycles. The van der Waals surface area contributed by atoms with Crippen LogP contribution < -0.4 is 15.2 Å². The van der Waals surface area contributed by atoms with Crippen molar-refractivity contribution in [1.82, 2.24) is 14.8 Å². The van der Waals surface area contributed by atoms with E-state index in [4.69, 9.17) is 13.5 Å². The summed E-state index contributed by atoms with van der Waals surface area (Å²) in [5.74, 6) is 0.891. The fourth-order valence-electron chi connectivity index (χ4n) is 5.89. The molecule has 6 nitrogen and oxygen atoms in total. The summed E-state index contributed by atoms with van der Waals surface area (Å²) in [6.45, 7) is 13.1. The Hall–Kier alpha value is -4.46. The monoisotopic (exact) mass is 849 g/mol. The molecule has 1 aliphatic heterocycles. The first kappa shape index (κ1) is 30.4. The first-order chi connectivity index (χ1) is 25.9. The molecular formula is C43H48N6Pt. The summed E-state index contributed by atoms with van der Waals surface area (Å²) >= 11 is 0. The van der Waals surface area contributed by atoms with Crippen molar-refractivity contribution in [2.75, 3.05) is 24.2 Å². The first-order valence-corrected chi connectivity index (χ1v) is 16.6. The van der Waals surface area contributed by atoms with E-state index >= 15 is 0 Å². The summed E-state index contributed by atoms with van der Waals surface area (Å²) in [6, 6.07) is 27.6. The Morgan fingerprint density at radius 3 is 2.28 bits per heavy atom. The fourth-order valence-corrected chi connectivity index (χ4v) is 5.89. The van der Waals surface area contributed by atoms with Gasteiger partial charge in [0.1, 0.15) is 0 Å². The van der Waals surface area contributed by atoms with Crippen molar-refractivity contribution in [1.29, 1.82) is 5.26 Å². The minimum Gasteiger partial charge on any atom is -0.657 e. The SMILES string of the molecule is N#Cc1ccc2[n-]c3ccccc3c2c1.[2H]C([2H])([2H])N1C=CN(c2[c-]c(N[CH-]N(/C=C\C)C([2H])([2H])[2H])cc(-c3c(C(C)C)cc(C(C)C)cc3C(C)C)c2)[CH-]1.[Pt+4]. The van der Waals surface area contributed by atoms with E-state index in [0.717, 1.165) is 37.8 Å². The Morgan fingerprint density at radius 1 is 0.940 bits per heavy atom. The molecule has 260 valence electrons. The summed E-state index contributed by atoms with van der Waals surface area (Å²) in [5.41, 5.74) is 9.61. The van der Waals surface area contributed by atoms with Gasteiger partial charge in [-0.15, -0.1) is 46.2 Å². The van der Waals surface area contributed by atoms with Gasteiger partial charge in [-0.1, -0.05) is 90.1 Å². The predicted molar refractivity (Wildman–Crippen MR) is 207 cm³/mol. The number of benzene rings is 4. The van der Waals surface area contributed by atoms with Crippen LogP contribution in [0, 0.1) is 30.7 Å². The molecule has 1 aromatic heterocycles. The van der Waals surface area contributed by atoms with Crippen molar-refractivity contribution >= 4 is 33.2 Å². The summed E-state index contributed by atoms with van der Waals surface area (Å²) in [5, 5.41) is 14.1. The molecule has 5 aromatic rings. The molecule has 1 N–H and O–H groups in total. The van der Waals surface area contributed by atoms with Gasteiger partial charge in [-0.3, -0.25) is 0 Å². The van der Waals surface area contributed by atoms with Gasteiger partial charge in [-0.2, -0.15) is 18.6 Å². The van der Waals surface area contributed by atoms with Crippen LogP contribution in [0.4, 0.5) is 11.4 Å². The molecule has 0 aliphatic carbocycles. The number of aromatic nitrogens is 1. The average Bonchev–Trinajstić information content (AvgIpc) is 3.78. The Labute approximate surface area is 322 Å². The van der Waals surface area contributed by atoms with Crippen molar-refractivity contribution < 1.29 is 29.3 Å². The Balaban J connectivity index is 0.000000359. The van der Waals surface area contributed by atoms with E-state index in [1.165, 1.54) is 47.3 Å². The van der Waals surface area contributed by atoms with E-state index < -0.39 is 14.0 Å². The number of hydrogen-bond donors (Lipinski definition) is 1. The number of nitrogens with zero attached hydrogens (tertiary/aromatic N) is 5. The van der Waals surface area contributed by atoms with E-state index in [0.29, 0.717) is 22.9 Å². The molecule has 1 aliphatic rings. The van der Waals surface area contributed by atoms with Gasteiger partial charge in [0.05, 0.1) is 11.6 Å². The van der Waals surface area contributed by atoms with Crippen LogP contribution in [-0.2, 0) is 21.1 Å². The minimum atomic E-state index is -2.37. The largest absolute Gasteiger partial charge is 4.00 e. The third kappa shape index (κ3) is 8.81. The number of fused-ring (bicyclic) bond motifs is 3. The van der Waals surface area contributed by atoms with Gasteiger partial charge in [0.25, 0.3) is 0 Å². The Kier molecular flexibility index (Phi) is 10.3. The number of rotatable bonds is 9. The second kappa shape index (κ2) is 17.0. The quantitative estimate of drug-likeness (QED) is 0.149. The van der Waals surface area contributed by atoms with Gasteiger partial charge in [-0.25, -0.2) is 0 Å². The molecule has 0 saturated heterocycles. The summed E-state index contributed by atoms with van der Waals surface area (Å²) in [7, 11) is 0. The maximum Gasteiger partial charge on any atom is 4.00 e. The molecule has 0 unspecified atom stereocenters. The molecule has 0 radical (unpaired) electrons. The number of nitriles is 1. The van der Waals surface area contributed by atoms with E-state index in [-0.39, 0.29) is 32.9 Å². The molecular weight excluding hydrogens is 796 g/mol. The maximum atomic E-state index is 8.84. The normalized spacial score (nSPS) is 14.9. The summed E-state index contributed by atoms with van der Waals surface area (Å²) in [6.07, 6.45) is 6.32. The van der Waals surface area contributed by atoms with Crippen LogP contribution in [-0.4, -0.2) is 23.8 Å². The van der Waals surface area contributed by atoms with Crippen LogP contribution in [0.1, 0.15) is 96.7 Å². The van der Waals surface area contributed by atoms with Crippen LogP contribution in [0.2, 0.25) is 0 Å². The first-order valence-electron chi connectivity index (χ1n) is 19.6. The fraction of sp³-hybridized carbons (Fsp3) is 0.279. The van der Waals surface area contributed by atoms with Gasteiger partial charge < -0.3 is 25.0 Å². The second-order valence-electron chi connectivity index (χ2n) is 13.1. The maximum absolute atomic E-state index is 8.84. The van der Waals surface area contributed by atoms with Gasteiger partial charge in [0, 0.05) is 8.22 Å². The van der Waals surface area contributed by atoms with Gasteiger partial charge >= 0.3 is 21.1 Å². The molecule has 6 rings (SSSR count). The predicted octanol–water partition coefficient (Wildman–Crippen LogP) is 10.7. The minimum absolute atomic E-state index is 0. The third-order valence-corrected chi connectivity index (χ3v) is 8.42. The average molecular weight is 850 g/mol. The van der Waals surface area contributed by atoms with Gasteiger partial charge in [0.15, 0.2) is 0 Å². The number of allylic oxidation sites excluding steroid dienone is 1. The number of anilines is 2. The van der Waals surface area contributed by atoms with E-state index in [2.05, 4.69) is 76.1 Å². The molecule has 0 amide bonds. The molecule has 0 fully saturated rings. The number of hydrogen-bond acceptors (Lipinski definition) is 5. The standard InChI is InChI=1S/C30H41N4.C13H7N2.Pt/c1-10-11-32(8)19-31-26-14-25(15-27(18-26)34-13-12-33(9)20-34)30-28(22(4)5)16-24(21(2)3)17-29(30)23(6)7;14-8-9-5-6-13-11(7-9)10-3-1-2-4-12(10)15-13;/h10-17,19-23,31H,1-9H3;1-7H;/q-3;-1;+4/b11-10-;;/i8D3,9D3;;. The third-order valence-electron chi connectivity index (χ3n) is 8.42. The van der Waals surface area contributed by atoms with Crippen LogP contribution in [0.25, 0.3) is 32.9 Å².